The number of carbonyl (C=O) groups excluding carboxylic acids is 1. The fraction of sp³-hybridized carbons (Fsp3) is 0.429. The van der Waals surface area contributed by atoms with Gasteiger partial charge in [0.15, 0.2) is 5.96 Å². The van der Waals surface area contributed by atoms with Gasteiger partial charge < -0.3 is 10.1 Å². The number of rotatable bonds is 1. The zero-order valence-electron chi connectivity index (χ0n) is 11.3. The largest absolute Gasteiger partial charge is 0.487 e. The van der Waals surface area contributed by atoms with Crippen molar-refractivity contribution in [3.8, 4) is 5.75 Å². The number of ether oxygens (including phenoxy) is 1. The molecule has 0 radical (unpaired) electrons. The van der Waals surface area contributed by atoms with E-state index in [-0.39, 0.29) is 11.5 Å². The molecular formula is C14H17N3O2. The third kappa shape index (κ3) is 1.95. The molecule has 0 spiro atoms. The van der Waals surface area contributed by atoms with Gasteiger partial charge in [0.1, 0.15) is 17.4 Å². The van der Waals surface area contributed by atoms with Gasteiger partial charge in [0.05, 0.1) is 0 Å². The molecule has 0 bridgehead atoms. The van der Waals surface area contributed by atoms with E-state index in [1.807, 2.05) is 12.1 Å². The number of fused-ring (bicyclic) bond motifs is 1. The molecule has 1 aromatic rings. The fourth-order valence-corrected chi connectivity index (χ4v) is 2.63. The third-order valence-corrected chi connectivity index (χ3v) is 3.44. The minimum absolute atomic E-state index is 0.0951. The van der Waals surface area contributed by atoms with Crippen LogP contribution in [0.15, 0.2) is 23.2 Å². The second-order valence-electron chi connectivity index (χ2n) is 5.51. The first-order chi connectivity index (χ1) is 9.00. The van der Waals surface area contributed by atoms with E-state index < -0.39 is 6.04 Å². The molecule has 2 aliphatic heterocycles. The van der Waals surface area contributed by atoms with Crippen LogP contribution in [0.25, 0.3) is 0 Å². The quantitative estimate of drug-likeness (QED) is 0.795. The van der Waals surface area contributed by atoms with Crippen molar-refractivity contribution in [1.29, 1.82) is 0 Å². The molecule has 3 rings (SSSR count). The Bertz CT molecular complexity index is 578. The molecule has 1 atom stereocenters. The molecule has 0 aromatic heterocycles. The number of nitrogens with zero attached hydrogens (tertiary/aromatic N) is 1. The number of aliphatic imine (C=N–C) groups is 1. The van der Waals surface area contributed by atoms with E-state index in [0.717, 1.165) is 23.3 Å². The van der Waals surface area contributed by atoms with Crippen LogP contribution in [-0.4, -0.2) is 24.5 Å². The van der Waals surface area contributed by atoms with Crippen LogP contribution in [0, 0.1) is 0 Å². The topological polar surface area (TPSA) is 62.7 Å². The highest BCUT2D eigenvalue weighted by molar-refractivity contribution is 6.07. The number of hydrogen-bond acceptors (Lipinski definition) is 3. The van der Waals surface area contributed by atoms with Crippen molar-refractivity contribution in [2.75, 3.05) is 7.05 Å². The predicted molar refractivity (Wildman–Crippen MR) is 72.2 cm³/mol. The van der Waals surface area contributed by atoms with Gasteiger partial charge in [-0.05, 0) is 19.4 Å². The van der Waals surface area contributed by atoms with E-state index >= 15 is 0 Å². The number of para-hydroxylation sites is 1. The lowest BCUT2D eigenvalue weighted by atomic mass is 9.98. The Morgan fingerprint density at radius 1 is 1.42 bits per heavy atom. The highest BCUT2D eigenvalue weighted by Gasteiger charge is 2.37. The number of nitrogens with one attached hydrogen (secondary N) is 2. The monoisotopic (exact) mass is 259 g/mol. The SMILES string of the molecule is CN=C1NC(=O)C(c2cccc3c2OC(C)(C)C3)N1. The van der Waals surface area contributed by atoms with E-state index in [1.54, 1.807) is 7.05 Å². The van der Waals surface area contributed by atoms with Crippen LogP contribution in [0.3, 0.4) is 0 Å². The second-order valence-corrected chi connectivity index (χ2v) is 5.51. The Kier molecular flexibility index (Phi) is 2.52. The minimum atomic E-state index is -0.428. The summed E-state index contributed by atoms with van der Waals surface area (Å²) in [7, 11) is 1.64. The van der Waals surface area contributed by atoms with Gasteiger partial charge in [0, 0.05) is 19.0 Å². The van der Waals surface area contributed by atoms with Crippen LogP contribution >= 0.6 is 0 Å². The molecule has 1 saturated heterocycles. The van der Waals surface area contributed by atoms with Gasteiger partial charge >= 0.3 is 0 Å². The first-order valence-electron chi connectivity index (χ1n) is 6.35. The van der Waals surface area contributed by atoms with Crippen LogP contribution in [0.1, 0.15) is 31.0 Å². The summed E-state index contributed by atoms with van der Waals surface area (Å²) in [6.45, 7) is 4.11. The number of benzene rings is 1. The number of amides is 1. The molecule has 1 aromatic carbocycles. The molecule has 5 heteroatoms. The number of hydrogen-bond donors (Lipinski definition) is 2. The zero-order chi connectivity index (χ0) is 13.6. The molecule has 0 saturated carbocycles. The van der Waals surface area contributed by atoms with Crippen LogP contribution in [0.2, 0.25) is 0 Å². The highest BCUT2D eigenvalue weighted by Crippen LogP contribution is 2.40. The van der Waals surface area contributed by atoms with Crippen molar-refractivity contribution < 1.29 is 9.53 Å². The van der Waals surface area contributed by atoms with Gasteiger partial charge in [-0.25, -0.2) is 0 Å². The smallest absolute Gasteiger partial charge is 0.254 e. The van der Waals surface area contributed by atoms with Crippen LogP contribution in [0.5, 0.6) is 5.75 Å². The molecule has 19 heavy (non-hydrogen) atoms. The Balaban J connectivity index is 2.00. The maximum Gasteiger partial charge on any atom is 0.254 e. The average molecular weight is 259 g/mol. The van der Waals surface area contributed by atoms with Crippen molar-refractivity contribution in [3.63, 3.8) is 0 Å². The highest BCUT2D eigenvalue weighted by atomic mass is 16.5. The lowest BCUT2D eigenvalue weighted by molar-refractivity contribution is -0.120. The fourth-order valence-electron chi connectivity index (χ4n) is 2.63. The minimum Gasteiger partial charge on any atom is -0.487 e. The van der Waals surface area contributed by atoms with Gasteiger partial charge in [0.25, 0.3) is 5.91 Å². The summed E-state index contributed by atoms with van der Waals surface area (Å²) >= 11 is 0. The van der Waals surface area contributed by atoms with Crippen molar-refractivity contribution in [2.24, 2.45) is 4.99 Å². The molecule has 100 valence electrons. The number of guanidine groups is 1. The standard InChI is InChI=1S/C14H17N3O2/c1-14(2)7-8-5-4-6-9(11(8)19-14)10-12(18)17-13(15-3)16-10/h4-6,10H,7H2,1-3H3,(H2,15,16,17,18). The summed E-state index contributed by atoms with van der Waals surface area (Å²) in [4.78, 5) is 16.0. The lowest BCUT2D eigenvalue weighted by Crippen LogP contribution is -2.26. The van der Waals surface area contributed by atoms with Gasteiger partial charge in [-0.1, -0.05) is 18.2 Å². The van der Waals surface area contributed by atoms with Gasteiger partial charge in [-0.15, -0.1) is 0 Å². The lowest BCUT2D eigenvalue weighted by Gasteiger charge is -2.19. The van der Waals surface area contributed by atoms with Gasteiger partial charge in [-0.3, -0.25) is 15.1 Å². The van der Waals surface area contributed by atoms with Gasteiger partial charge in [0.2, 0.25) is 0 Å². The van der Waals surface area contributed by atoms with E-state index in [0.29, 0.717) is 5.96 Å². The van der Waals surface area contributed by atoms with E-state index in [4.69, 9.17) is 4.74 Å². The average Bonchev–Trinajstić information content (AvgIpc) is 2.86. The summed E-state index contributed by atoms with van der Waals surface area (Å²) in [5, 5.41) is 5.78. The van der Waals surface area contributed by atoms with E-state index in [9.17, 15) is 4.79 Å². The normalized spacial score (nSPS) is 25.7. The molecule has 2 N–H and O–H groups in total. The van der Waals surface area contributed by atoms with Gasteiger partial charge in [-0.2, -0.15) is 0 Å². The third-order valence-electron chi connectivity index (χ3n) is 3.44. The molecule has 0 aliphatic carbocycles. The summed E-state index contributed by atoms with van der Waals surface area (Å²) in [5.41, 5.74) is 1.81. The van der Waals surface area contributed by atoms with Crippen molar-refractivity contribution in [1.82, 2.24) is 10.6 Å². The summed E-state index contributed by atoms with van der Waals surface area (Å²) in [6.07, 6.45) is 0.860. The van der Waals surface area contributed by atoms with E-state index in [2.05, 4.69) is 35.5 Å². The van der Waals surface area contributed by atoms with Crippen molar-refractivity contribution >= 4 is 11.9 Å². The van der Waals surface area contributed by atoms with Crippen molar-refractivity contribution in [2.45, 2.75) is 31.9 Å². The van der Waals surface area contributed by atoms with Crippen LogP contribution < -0.4 is 15.4 Å². The molecule has 2 heterocycles. The Labute approximate surface area is 112 Å². The first kappa shape index (κ1) is 12.0. The van der Waals surface area contributed by atoms with Crippen LogP contribution in [0.4, 0.5) is 0 Å². The number of carbonyl (C=O) groups is 1. The van der Waals surface area contributed by atoms with E-state index in [1.165, 1.54) is 0 Å². The molecule has 2 aliphatic rings. The molecule has 1 unspecified atom stereocenters. The summed E-state index contributed by atoms with van der Waals surface area (Å²) in [6, 6.07) is 5.52. The molecule has 1 amide bonds. The Hall–Kier alpha value is -2.04. The molecular weight excluding hydrogens is 242 g/mol. The molecule has 5 nitrogen and oxygen atoms in total. The Morgan fingerprint density at radius 2 is 2.21 bits per heavy atom. The maximum absolute atomic E-state index is 12.0. The first-order valence-corrected chi connectivity index (χ1v) is 6.35. The van der Waals surface area contributed by atoms with Crippen molar-refractivity contribution in [3.05, 3.63) is 29.3 Å². The second kappa shape index (κ2) is 3.98. The summed E-state index contributed by atoms with van der Waals surface area (Å²) in [5.74, 6) is 1.24. The predicted octanol–water partition coefficient (Wildman–Crippen LogP) is 1.15. The summed E-state index contributed by atoms with van der Waals surface area (Å²) < 4.78 is 6.00. The Morgan fingerprint density at radius 3 is 2.89 bits per heavy atom. The zero-order valence-corrected chi connectivity index (χ0v) is 11.3. The molecule has 1 fully saturated rings. The maximum atomic E-state index is 12.0. The van der Waals surface area contributed by atoms with Crippen LogP contribution in [-0.2, 0) is 11.2 Å².